The molecule has 3 N–H and O–H groups in total. The molecular formula is C24H40IN5O2. The van der Waals surface area contributed by atoms with Gasteiger partial charge in [0.1, 0.15) is 0 Å². The predicted molar refractivity (Wildman–Crippen MR) is 142 cm³/mol. The van der Waals surface area contributed by atoms with E-state index in [-0.39, 0.29) is 41.3 Å². The Labute approximate surface area is 210 Å². The summed E-state index contributed by atoms with van der Waals surface area (Å²) in [7, 11) is 1.82. The normalized spacial score (nSPS) is 19.2. The molecule has 1 aromatic rings. The number of carbonyl (C=O) groups is 1. The number of amides is 1. The first kappa shape index (κ1) is 26.9. The number of hydrogen-bond acceptors (Lipinski definition) is 4. The molecule has 0 spiro atoms. The Hall–Kier alpha value is -1.39. The number of anilines is 1. The molecule has 3 rings (SSSR count). The van der Waals surface area contributed by atoms with Gasteiger partial charge in [-0.25, -0.2) is 0 Å². The molecule has 1 saturated carbocycles. The van der Waals surface area contributed by atoms with Crippen molar-refractivity contribution in [3.8, 4) is 0 Å². The van der Waals surface area contributed by atoms with E-state index in [0.29, 0.717) is 6.54 Å². The summed E-state index contributed by atoms with van der Waals surface area (Å²) < 4.78 is 5.59. The van der Waals surface area contributed by atoms with Crippen LogP contribution in [0.4, 0.5) is 5.69 Å². The number of aliphatic imine (C=N–C) groups is 1. The lowest BCUT2D eigenvalue weighted by Crippen LogP contribution is -2.60. The predicted octanol–water partition coefficient (Wildman–Crippen LogP) is 3.60. The molecular weight excluding hydrogens is 517 g/mol. The van der Waals surface area contributed by atoms with E-state index in [2.05, 4.69) is 25.8 Å². The van der Waals surface area contributed by atoms with Gasteiger partial charge in [-0.2, -0.15) is 0 Å². The van der Waals surface area contributed by atoms with E-state index in [9.17, 15) is 4.79 Å². The van der Waals surface area contributed by atoms with Crippen molar-refractivity contribution in [2.45, 2.75) is 58.0 Å². The van der Waals surface area contributed by atoms with Crippen LogP contribution in [0.5, 0.6) is 0 Å². The fourth-order valence-electron chi connectivity index (χ4n) is 4.50. The molecule has 1 aliphatic carbocycles. The number of hydrogen-bond donors (Lipinski definition) is 3. The van der Waals surface area contributed by atoms with E-state index in [4.69, 9.17) is 4.74 Å². The zero-order valence-corrected chi connectivity index (χ0v) is 22.1. The minimum Gasteiger partial charge on any atom is -0.379 e. The summed E-state index contributed by atoms with van der Waals surface area (Å²) in [5.41, 5.74) is 2.18. The molecule has 0 aromatic heterocycles. The van der Waals surface area contributed by atoms with Gasteiger partial charge in [-0.1, -0.05) is 45.2 Å². The highest BCUT2D eigenvalue weighted by atomic mass is 127. The van der Waals surface area contributed by atoms with Crippen molar-refractivity contribution in [1.29, 1.82) is 0 Å². The van der Waals surface area contributed by atoms with Crippen LogP contribution in [0.25, 0.3) is 0 Å². The van der Waals surface area contributed by atoms with Gasteiger partial charge in [0.15, 0.2) is 5.96 Å². The smallest absolute Gasteiger partial charge is 0.226 e. The van der Waals surface area contributed by atoms with Gasteiger partial charge < -0.3 is 20.7 Å². The van der Waals surface area contributed by atoms with Crippen LogP contribution in [0.1, 0.15) is 51.5 Å². The van der Waals surface area contributed by atoms with Gasteiger partial charge in [0, 0.05) is 50.4 Å². The maximum absolute atomic E-state index is 11.8. The summed E-state index contributed by atoms with van der Waals surface area (Å²) >= 11 is 0. The largest absolute Gasteiger partial charge is 0.379 e. The maximum atomic E-state index is 11.8. The lowest BCUT2D eigenvalue weighted by molar-refractivity contribution is -0.118. The first-order valence-electron chi connectivity index (χ1n) is 11.7. The standard InChI is InChI=1S/C24H39N5O2.HI/c1-19(2)22(30)28-21-9-7-20(8-10-21)17-26-23(25-3)27-18-24(11-5-4-6-12-24)29-13-15-31-16-14-29;/h7-10,19H,4-6,11-18H2,1-3H3,(H,28,30)(H2,25,26,27);1H. The van der Waals surface area contributed by atoms with Gasteiger partial charge in [0.2, 0.25) is 5.91 Å². The second-order valence-electron chi connectivity index (χ2n) is 9.00. The number of benzene rings is 1. The van der Waals surface area contributed by atoms with Crippen LogP contribution in [0.2, 0.25) is 0 Å². The Morgan fingerprint density at radius 2 is 1.75 bits per heavy atom. The molecule has 1 saturated heterocycles. The monoisotopic (exact) mass is 557 g/mol. The van der Waals surface area contributed by atoms with Crippen molar-refractivity contribution in [3.05, 3.63) is 29.8 Å². The van der Waals surface area contributed by atoms with Gasteiger partial charge in [-0.05, 0) is 30.5 Å². The van der Waals surface area contributed by atoms with Crippen molar-refractivity contribution < 1.29 is 9.53 Å². The first-order chi connectivity index (χ1) is 15.0. The number of nitrogens with one attached hydrogen (secondary N) is 3. The van der Waals surface area contributed by atoms with Crippen LogP contribution < -0.4 is 16.0 Å². The summed E-state index contributed by atoms with van der Waals surface area (Å²) in [6.45, 7) is 9.09. The maximum Gasteiger partial charge on any atom is 0.226 e. The highest BCUT2D eigenvalue weighted by Crippen LogP contribution is 2.33. The second kappa shape index (κ2) is 13.3. The molecule has 1 aromatic carbocycles. The van der Waals surface area contributed by atoms with Crippen LogP contribution in [-0.4, -0.2) is 62.2 Å². The molecule has 0 atom stereocenters. The number of carbonyl (C=O) groups excluding carboxylic acids is 1. The highest BCUT2D eigenvalue weighted by Gasteiger charge is 2.38. The van der Waals surface area contributed by atoms with Crippen molar-refractivity contribution >= 4 is 41.5 Å². The molecule has 1 aliphatic heterocycles. The summed E-state index contributed by atoms with van der Waals surface area (Å²) in [4.78, 5) is 18.9. The molecule has 2 fully saturated rings. The quantitative estimate of drug-likeness (QED) is 0.272. The highest BCUT2D eigenvalue weighted by molar-refractivity contribution is 14.0. The van der Waals surface area contributed by atoms with E-state index in [1.54, 1.807) is 0 Å². The minimum absolute atomic E-state index is 0. The van der Waals surface area contributed by atoms with Crippen LogP contribution in [0.3, 0.4) is 0 Å². The molecule has 180 valence electrons. The van der Waals surface area contributed by atoms with Gasteiger partial charge in [0.25, 0.3) is 0 Å². The number of morpholine rings is 1. The molecule has 0 radical (unpaired) electrons. The van der Waals surface area contributed by atoms with Crippen LogP contribution in [0.15, 0.2) is 29.3 Å². The number of guanidine groups is 1. The van der Waals surface area contributed by atoms with Gasteiger partial charge in [-0.15, -0.1) is 24.0 Å². The summed E-state index contributed by atoms with van der Waals surface area (Å²) in [6, 6.07) is 7.96. The van der Waals surface area contributed by atoms with E-state index in [0.717, 1.165) is 50.1 Å². The average molecular weight is 558 g/mol. The molecule has 32 heavy (non-hydrogen) atoms. The van der Waals surface area contributed by atoms with Gasteiger partial charge >= 0.3 is 0 Å². The Morgan fingerprint density at radius 1 is 1.09 bits per heavy atom. The third-order valence-corrected chi connectivity index (χ3v) is 6.48. The Kier molecular flexibility index (Phi) is 11.2. The van der Waals surface area contributed by atoms with Crippen molar-refractivity contribution in [2.24, 2.45) is 10.9 Å². The lowest BCUT2D eigenvalue weighted by Gasteiger charge is -2.48. The fraction of sp³-hybridized carbons (Fsp3) is 0.667. The molecule has 0 bridgehead atoms. The Morgan fingerprint density at radius 3 is 2.34 bits per heavy atom. The fourth-order valence-corrected chi connectivity index (χ4v) is 4.50. The van der Waals surface area contributed by atoms with Crippen molar-refractivity contribution in [3.63, 3.8) is 0 Å². The van der Waals surface area contributed by atoms with E-state index < -0.39 is 0 Å². The van der Waals surface area contributed by atoms with E-state index in [1.165, 1.54) is 32.1 Å². The average Bonchev–Trinajstić information content (AvgIpc) is 2.81. The minimum atomic E-state index is -0.0272. The Bertz CT molecular complexity index is 726. The number of halogens is 1. The second-order valence-corrected chi connectivity index (χ2v) is 9.00. The zero-order chi connectivity index (χ0) is 22.1. The first-order valence-corrected chi connectivity index (χ1v) is 11.7. The van der Waals surface area contributed by atoms with Crippen molar-refractivity contribution in [2.75, 3.05) is 45.2 Å². The van der Waals surface area contributed by atoms with E-state index >= 15 is 0 Å². The topological polar surface area (TPSA) is 78.0 Å². The van der Waals surface area contributed by atoms with E-state index in [1.807, 2.05) is 45.2 Å². The van der Waals surface area contributed by atoms with Gasteiger partial charge in [-0.3, -0.25) is 14.7 Å². The van der Waals surface area contributed by atoms with Crippen LogP contribution >= 0.6 is 24.0 Å². The molecule has 1 heterocycles. The van der Waals surface area contributed by atoms with Gasteiger partial charge in [0.05, 0.1) is 13.2 Å². The van der Waals surface area contributed by atoms with Crippen molar-refractivity contribution in [1.82, 2.24) is 15.5 Å². The molecule has 0 unspecified atom stereocenters. The molecule has 2 aliphatic rings. The summed E-state index contributed by atoms with van der Waals surface area (Å²) in [5.74, 6) is 0.837. The zero-order valence-electron chi connectivity index (χ0n) is 19.8. The third-order valence-electron chi connectivity index (χ3n) is 6.48. The summed E-state index contributed by atoms with van der Waals surface area (Å²) in [6.07, 6.45) is 6.41. The number of nitrogens with zero attached hydrogens (tertiary/aromatic N) is 2. The summed E-state index contributed by atoms with van der Waals surface area (Å²) in [5, 5.41) is 9.96. The molecule has 8 heteroatoms. The SMILES string of the molecule is CN=C(NCc1ccc(NC(=O)C(C)C)cc1)NCC1(N2CCOCC2)CCCCC1.I. The molecule has 1 amide bonds. The number of rotatable bonds is 7. The Balaban J connectivity index is 0.00000363. The number of ether oxygens (including phenoxy) is 1. The third kappa shape index (κ3) is 7.59. The van der Waals surface area contributed by atoms with Crippen LogP contribution in [0, 0.1) is 5.92 Å². The lowest BCUT2D eigenvalue weighted by atomic mass is 9.80. The van der Waals surface area contributed by atoms with Crippen LogP contribution in [-0.2, 0) is 16.1 Å². The molecule has 7 nitrogen and oxygen atoms in total.